The number of ether oxygens (including phenoxy) is 2. The monoisotopic (exact) mass is 696 g/mol. The molecule has 0 heterocycles. The highest BCUT2D eigenvalue weighted by molar-refractivity contribution is 7.47. The number of carbonyl (C=O) groups is 2. The Labute approximate surface area is 293 Å². The molecule has 0 aliphatic carbocycles. The van der Waals surface area contributed by atoms with Gasteiger partial charge in [-0.1, -0.05) is 140 Å². The van der Waals surface area contributed by atoms with Crippen LogP contribution in [0.2, 0.25) is 0 Å². The molecule has 1 N–H and O–H groups in total. The zero-order valence-electron chi connectivity index (χ0n) is 30.6. The summed E-state index contributed by atoms with van der Waals surface area (Å²) in [5, 5.41) is 0. The maximum atomic E-state index is 12.5. The quantitative estimate of drug-likeness (QED) is 0.0306. The van der Waals surface area contributed by atoms with Crippen LogP contribution >= 0.6 is 7.82 Å². The lowest BCUT2D eigenvalue weighted by Crippen LogP contribution is -2.29. The maximum Gasteiger partial charge on any atom is 0.472 e. The lowest BCUT2D eigenvalue weighted by Gasteiger charge is -2.19. The Balaban J connectivity index is 4.24. The molecule has 0 saturated heterocycles. The van der Waals surface area contributed by atoms with Crippen molar-refractivity contribution >= 4 is 19.8 Å². The molecule has 278 valence electrons. The topological polar surface area (TPSA) is 108 Å². The van der Waals surface area contributed by atoms with Gasteiger partial charge in [-0.25, -0.2) is 4.57 Å². The normalized spacial score (nSPS) is 14.0. The van der Waals surface area contributed by atoms with Crippen molar-refractivity contribution < 1.29 is 37.6 Å². The van der Waals surface area contributed by atoms with Gasteiger partial charge in [-0.2, -0.15) is 0 Å². The first-order valence-corrected chi connectivity index (χ1v) is 20.4. The van der Waals surface area contributed by atoms with Crippen LogP contribution in [-0.4, -0.2) is 42.8 Å². The van der Waals surface area contributed by atoms with E-state index in [0.29, 0.717) is 6.42 Å². The smallest absolute Gasteiger partial charge is 0.462 e. The summed E-state index contributed by atoms with van der Waals surface area (Å²) >= 11 is 0. The summed E-state index contributed by atoms with van der Waals surface area (Å²) in [5.74, 6) is -0.848. The molecule has 0 spiro atoms. The van der Waals surface area contributed by atoms with Gasteiger partial charge in [0.2, 0.25) is 0 Å². The molecule has 0 aromatic heterocycles. The Morgan fingerprint density at radius 3 is 1.60 bits per heavy atom. The van der Waals surface area contributed by atoms with E-state index in [1.54, 1.807) is 6.92 Å². The summed E-state index contributed by atoms with van der Waals surface area (Å²) in [6, 6.07) is 0. The second-order valence-electron chi connectivity index (χ2n) is 12.2. The van der Waals surface area contributed by atoms with Crippen LogP contribution in [0, 0.1) is 0 Å². The number of hydrogen-bond donors (Lipinski definition) is 1. The van der Waals surface area contributed by atoms with Gasteiger partial charge in [-0.3, -0.25) is 18.6 Å². The zero-order valence-corrected chi connectivity index (χ0v) is 31.5. The average molecular weight is 697 g/mol. The summed E-state index contributed by atoms with van der Waals surface area (Å²) in [7, 11) is -4.28. The molecule has 0 aliphatic heterocycles. The maximum absolute atomic E-state index is 12.5. The van der Waals surface area contributed by atoms with E-state index in [0.717, 1.165) is 57.8 Å². The summed E-state index contributed by atoms with van der Waals surface area (Å²) in [6.07, 6.45) is 38.8. The molecule has 0 rings (SSSR count). The zero-order chi connectivity index (χ0) is 35.4. The Morgan fingerprint density at radius 2 is 1.06 bits per heavy atom. The standard InChI is InChI=1S/C39H69O8P/c1-4-7-9-11-13-15-17-19-20-22-24-26-28-30-32-34-39(41)47-37(36-46-48(42,43)45-6-3)35-44-38(40)33-31-29-27-25-23-21-18-16-14-12-10-8-5-2/h7,9,13,15,19-20,24,26,37H,4-6,8,10-12,14,16-18,21-23,25,27-36H2,1-3H3,(H,42,43)/b9-7-,15-13-,20-19-,26-24-. The lowest BCUT2D eigenvalue weighted by molar-refractivity contribution is -0.161. The van der Waals surface area contributed by atoms with Crippen LogP contribution < -0.4 is 0 Å². The van der Waals surface area contributed by atoms with Crippen molar-refractivity contribution in [2.75, 3.05) is 19.8 Å². The van der Waals surface area contributed by atoms with Crippen LogP contribution in [0.1, 0.15) is 162 Å². The predicted octanol–water partition coefficient (Wildman–Crippen LogP) is 11.4. The van der Waals surface area contributed by atoms with E-state index in [2.05, 4.69) is 62.5 Å². The number of allylic oxidation sites excluding steroid dienone is 8. The van der Waals surface area contributed by atoms with Crippen LogP contribution in [0.4, 0.5) is 0 Å². The number of carbonyl (C=O) groups excluding carboxylic acids is 2. The highest BCUT2D eigenvalue weighted by Gasteiger charge is 2.25. The molecule has 2 unspecified atom stereocenters. The molecule has 0 saturated carbocycles. The van der Waals surface area contributed by atoms with Gasteiger partial charge in [0, 0.05) is 12.8 Å². The molecule has 0 fully saturated rings. The number of phosphoric acid groups is 1. The third-order valence-electron chi connectivity index (χ3n) is 7.65. The summed E-state index contributed by atoms with van der Waals surface area (Å²) < 4.78 is 32.5. The molecule has 9 heteroatoms. The fraction of sp³-hybridized carbons (Fsp3) is 0.744. The minimum atomic E-state index is -4.28. The molecular weight excluding hydrogens is 627 g/mol. The number of phosphoric ester groups is 1. The molecule has 0 aliphatic rings. The second kappa shape index (κ2) is 34.9. The first-order valence-electron chi connectivity index (χ1n) is 18.9. The largest absolute Gasteiger partial charge is 0.472 e. The highest BCUT2D eigenvalue weighted by atomic mass is 31.2. The number of hydrogen-bond acceptors (Lipinski definition) is 7. The third-order valence-corrected chi connectivity index (χ3v) is 8.71. The van der Waals surface area contributed by atoms with Gasteiger partial charge in [0.25, 0.3) is 0 Å². The SMILES string of the molecule is CC/C=C\C/C=C\C/C=C\C/C=C\CCCCC(=O)OC(COC(=O)CCCCCCCCCCCCCCC)COP(=O)(O)OCC. The fourth-order valence-corrected chi connectivity index (χ4v) is 5.67. The first-order chi connectivity index (χ1) is 23.3. The minimum Gasteiger partial charge on any atom is -0.462 e. The van der Waals surface area contributed by atoms with Gasteiger partial charge in [0.1, 0.15) is 6.61 Å². The fourth-order valence-electron chi connectivity index (χ4n) is 4.91. The van der Waals surface area contributed by atoms with Crippen LogP contribution in [0.3, 0.4) is 0 Å². The Kier molecular flexibility index (Phi) is 33.4. The molecule has 0 bridgehead atoms. The van der Waals surface area contributed by atoms with Crippen molar-refractivity contribution in [1.29, 1.82) is 0 Å². The van der Waals surface area contributed by atoms with Crippen LogP contribution in [-0.2, 0) is 32.7 Å². The third kappa shape index (κ3) is 33.9. The van der Waals surface area contributed by atoms with Gasteiger partial charge in [-0.15, -0.1) is 0 Å². The van der Waals surface area contributed by atoms with Gasteiger partial charge >= 0.3 is 19.8 Å². The van der Waals surface area contributed by atoms with E-state index in [9.17, 15) is 19.0 Å². The van der Waals surface area contributed by atoms with Crippen molar-refractivity contribution in [3.8, 4) is 0 Å². The molecule has 48 heavy (non-hydrogen) atoms. The van der Waals surface area contributed by atoms with E-state index in [-0.39, 0.29) is 32.0 Å². The molecule has 8 nitrogen and oxygen atoms in total. The van der Waals surface area contributed by atoms with Crippen molar-refractivity contribution in [3.05, 3.63) is 48.6 Å². The highest BCUT2D eigenvalue weighted by Crippen LogP contribution is 2.43. The van der Waals surface area contributed by atoms with E-state index in [4.69, 9.17) is 18.5 Å². The molecule has 2 atom stereocenters. The van der Waals surface area contributed by atoms with Crippen molar-refractivity contribution in [1.82, 2.24) is 0 Å². The summed E-state index contributed by atoms with van der Waals surface area (Å²) in [5.41, 5.74) is 0. The van der Waals surface area contributed by atoms with Crippen LogP contribution in [0.15, 0.2) is 48.6 Å². The molecule has 0 amide bonds. The second-order valence-corrected chi connectivity index (χ2v) is 13.7. The van der Waals surface area contributed by atoms with E-state index in [1.165, 1.54) is 64.2 Å². The summed E-state index contributed by atoms with van der Waals surface area (Å²) in [4.78, 5) is 34.6. The minimum absolute atomic E-state index is 0.00831. The van der Waals surface area contributed by atoms with E-state index < -0.39 is 26.5 Å². The molecule has 0 radical (unpaired) electrons. The average Bonchev–Trinajstić information content (AvgIpc) is 3.06. The van der Waals surface area contributed by atoms with Gasteiger partial charge in [0.15, 0.2) is 6.10 Å². The molecule has 0 aromatic rings. The van der Waals surface area contributed by atoms with Crippen molar-refractivity contribution in [2.24, 2.45) is 0 Å². The van der Waals surface area contributed by atoms with Crippen molar-refractivity contribution in [3.63, 3.8) is 0 Å². The van der Waals surface area contributed by atoms with Gasteiger partial charge in [-0.05, 0) is 58.3 Å². The predicted molar refractivity (Wildman–Crippen MR) is 198 cm³/mol. The van der Waals surface area contributed by atoms with Crippen molar-refractivity contribution in [2.45, 2.75) is 168 Å². The molecule has 0 aromatic carbocycles. The number of rotatable bonds is 34. The number of unbranched alkanes of at least 4 members (excludes halogenated alkanes) is 14. The summed E-state index contributed by atoms with van der Waals surface area (Å²) in [6.45, 7) is 5.29. The molecular formula is C39H69O8P. The first kappa shape index (κ1) is 46.0. The Hall–Kier alpha value is -1.99. The van der Waals surface area contributed by atoms with E-state index in [1.807, 2.05) is 0 Å². The Bertz CT molecular complexity index is 927. The lowest BCUT2D eigenvalue weighted by atomic mass is 10.0. The van der Waals surface area contributed by atoms with Gasteiger partial charge in [0.05, 0.1) is 13.2 Å². The van der Waals surface area contributed by atoms with Crippen LogP contribution in [0.25, 0.3) is 0 Å². The van der Waals surface area contributed by atoms with Crippen LogP contribution in [0.5, 0.6) is 0 Å². The van der Waals surface area contributed by atoms with E-state index >= 15 is 0 Å². The Morgan fingerprint density at radius 1 is 0.583 bits per heavy atom. The van der Waals surface area contributed by atoms with Gasteiger partial charge < -0.3 is 14.4 Å². The number of esters is 2.